The molecule has 2 atom stereocenters. The summed E-state index contributed by atoms with van der Waals surface area (Å²) in [6, 6.07) is 4.48. The van der Waals surface area contributed by atoms with Crippen LogP contribution in [0.2, 0.25) is 0 Å². The van der Waals surface area contributed by atoms with Crippen molar-refractivity contribution in [2.45, 2.75) is 72.8 Å². The number of amides is 1. The molecule has 1 unspecified atom stereocenters. The normalized spacial score (nSPS) is 13.5. The first-order chi connectivity index (χ1) is 17.6. The van der Waals surface area contributed by atoms with Crippen molar-refractivity contribution in [1.82, 2.24) is 14.8 Å². The van der Waals surface area contributed by atoms with E-state index in [4.69, 9.17) is 18.9 Å². The number of benzene rings is 1. The SMILES string of the molecule is COc1ccc2c(c1)c(CCN(C)C)cn2C(=O)OC(OC(=O)[C@@H](NC(=O)OC(C)(C)C)C(C)C)C(C)C. The maximum absolute atomic E-state index is 13.3. The predicted octanol–water partition coefficient (Wildman–Crippen LogP) is 4.81. The molecule has 1 aromatic carbocycles. The fourth-order valence-electron chi connectivity index (χ4n) is 3.67. The topological polar surface area (TPSA) is 108 Å². The molecule has 1 aromatic heterocycles. The minimum Gasteiger partial charge on any atom is -0.497 e. The molecular weight excluding hydrogens is 490 g/mol. The molecule has 2 aromatic rings. The number of esters is 1. The summed E-state index contributed by atoms with van der Waals surface area (Å²) in [5, 5.41) is 3.44. The van der Waals surface area contributed by atoms with Crippen molar-refractivity contribution in [3.8, 4) is 5.75 Å². The van der Waals surface area contributed by atoms with Gasteiger partial charge in [0.2, 0.25) is 0 Å². The zero-order valence-corrected chi connectivity index (χ0v) is 24.3. The van der Waals surface area contributed by atoms with E-state index < -0.39 is 36.1 Å². The summed E-state index contributed by atoms with van der Waals surface area (Å²) in [5.74, 6) is -0.666. The van der Waals surface area contributed by atoms with Crippen LogP contribution in [-0.2, 0) is 25.4 Å². The van der Waals surface area contributed by atoms with Crippen LogP contribution in [0.5, 0.6) is 5.75 Å². The number of fused-ring (bicyclic) bond motifs is 1. The number of alkyl carbamates (subject to hydrolysis) is 1. The highest BCUT2D eigenvalue weighted by Gasteiger charge is 2.32. The number of nitrogens with one attached hydrogen (secondary N) is 1. The Bertz CT molecular complexity index is 1120. The molecule has 2 rings (SSSR count). The lowest BCUT2D eigenvalue weighted by Crippen LogP contribution is -2.48. The van der Waals surface area contributed by atoms with Gasteiger partial charge in [-0.3, -0.25) is 4.57 Å². The second-order valence-electron chi connectivity index (χ2n) is 11.3. The quantitative estimate of drug-likeness (QED) is 0.342. The van der Waals surface area contributed by atoms with E-state index in [1.54, 1.807) is 73.9 Å². The van der Waals surface area contributed by atoms with E-state index in [9.17, 15) is 14.4 Å². The van der Waals surface area contributed by atoms with Crippen molar-refractivity contribution in [2.75, 3.05) is 27.7 Å². The number of carbonyl (C=O) groups is 3. The van der Waals surface area contributed by atoms with Crippen molar-refractivity contribution in [1.29, 1.82) is 0 Å². The number of rotatable bonds is 10. The average Bonchev–Trinajstić information content (AvgIpc) is 3.17. The second-order valence-corrected chi connectivity index (χ2v) is 11.3. The van der Waals surface area contributed by atoms with E-state index in [0.717, 1.165) is 17.5 Å². The van der Waals surface area contributed by atoms with Gasteiger partial charge in [-0.1, -0.05) is 27.7 Å². The molecule has 0 spiro atoms. The van der Waals surface area contributed by atoms with Crippen LogP contribution in [0.1, 0.15) is 54.0 Å². The minimum absolute atomic E-state index is 0.291. The number of hydrogen-bond donors (Lipinski definition) is 1. The Morgan fingerprint density at radius 1 is 1.03 bits per heavy atom. The van der Waals surface area contributed by atoms with Crippen LogP contribution in [0.3, 0.4) is 0 Å². The molecule has 0 fully saturated rings. The number of carbonyl (C=O) groups excluding carboxylic acids is 3. The van der Waals surface area contributed by atoms with Crippen molar-refractivity contribution in [3.05, 3.63) is 30.0 Å². The van der Waals surface area contributed by atoms with Gasteiger partial charge in [-0.05, 0) is 71.0 Å². The van der Waals surface area contributed by atoms with E-state index in [-0.39, 0.29) is 11.8 Å². The summed E-state index contributed by atoms with van der Waals surface area (Å²) in [5.41, 5.74) is 0.898. The first-order valence-electron chi connectivity index (χ1n) is 12.9. The van der Waals surface area contributed by atoms with Gasteiger partial charge in [-0.25, -0.2) is 14.4 Å². The Morgan fingerprint density at radius 2 is 1.68 bits per heavy atom. The molecule has 0 saturated heterocycles. The maximum Gasteiger partial charge on any atom is 0.421 e. The number of likely N-dealkylation sites (N-methyl/N-ethyl adjacent to an activating group) is 1. The molecule has 0 aliphatic rings. The first-order valence-corrected chi connectivity index (χ1v) is 12.9. The Hall–Kier alpha value is -3.27. The number of hydrogen-bond acceptors (Lipinski definition) is 8. The van der Waals surface area contributed by atoms with Crippen LogP contribution in [0.25, 0.3) is 10.9 Å². The molecule has 1 amide bonds. The molecule has 10 nitrogen and oxygen atoms in total. The molecular formula is C28H43N3O7. The van der Waals surface area contributed by atoms with Crippen molar-refractivity contribution in [2.24, 2.45) is 11.8 Å². The summed E-state index contributed by atoms with van der Waals surface area (Å²) < 4.78 is 23.4. The predicted molar refractivity (Wildman–Crippen MR) is 145 cm³/mol. The third-order valence-corrected chi connectivity index (χ3v) is 5.71. The number of methoxy groups -OCH3 is 1. The van der Waals surface area contributed by atoms with Crippen LogP contribution < -0.4 is 10.1 Å². The summed E-state index contributed by atoms with van der Waals surface area (Å²) in [6.45, 7) is 13.1. The minimum atomic E-state index is -1.17. The van der Waals surface area contributed by atoms with E-state index in [1.807, 2.05) is 20.2 Å². The van der Waals surface area contributed by atoms with Crippen LogP contribution in [0.4, 0.5) is 9.59 Å². The van der Waals surface area contributed by atoms with Gasteiger partial charge in [0.1, 0.15) is 17.4 Å². The van der Waals surface area contributed by atoms with Gasteiger partial charge >= 0.3 is 18.2 Å². The molecule has 1 heterocycles. The van der Waals surface area contributed by atoms with E-state index in [2.05, 4.69) is 10.2 Å². The molecule has 0 aliphatic heterocycles. The average molecular weight is 534 g/mol. The lowest BCUT2D eigenvalue weighted by atomic mass is 10.0. The fraction of sp³-hybridized carbons (Fsp3) is 0.607. The zero-order chi connectivity index (χ0) is 28.8. The zero-order valence-electron chi connectivity index (χ0n) is 24.3. The highest BCUT2D eigenvalue weighted by molar-refractivity contribution is 5.93. The Morgan fingerprint density at radius 3 is 2.21 bits per heavy atom. The lowest BCUT2D eigenvalue weighted by Gasteiger charge is -2.27. The Balaban J connectivity index is 2.26. The van der Waals surface area contributed by atoms with Gasteiger partial charge in [0, 0.05) is 24.0 Å². The smallest absolute Gasteiger partial charge is 0.421 e. The molecule has 10 heteroatoms. The molecule has 38 heavy (non-hydrogen) atoms. The largest absolute Gasteiger partial charge is 0.497 e. The first kappa shape index (κ1) is 31.0. The summed E-state index contributed by atoms with van der Waals surface area (Å²) >= 11 is 0. The molecule has 0 saturated carbocycles. The second kappa shape index (κ2) is 13.0. The third kappa shape index (κ3) is 8.65. The molecule has 0 aliphatic carbocycles. The van der Waals surface area contributed by atoms with Crippen molar-refractivity contribution >= 4 is 29.1 Å². The van der Waals surface area contributed by atoms with Gasteiger partial charge in [-0.15, -0.1) is 0 Å². The van der Waals surface area contributed by atoms with Crippen LogP contribution in [-0.4, -0.2) is 73.3 Å². The van der Waals surface area contributed by atoms with Gasteiger partial charge in [-0.2, -0.15) is 0 Å². The molecule has 0 radical (unpaired) electrons. The van der Waals surface area contributed by atoms with Crippen LogP contribution >= 0.6 is 0 Å². The van der Waals surface area contributed by atoms with E-state index in [1.165, 1.54) is 4.57 Å². The van der Waals surface area contributed by atoms with Crippen LogP contribution in [0, 0.1) is 11.8 Å². The van der Waals surface area contributed by atoms with Gasteiger partial charge in [0.05, 0.1) is 12.6 Å². The third-order valence-electron chi connectivity index (χ3n) is 5.71. The maximum atomic E-state index is 13.3. The molecule has 212 valence electrons. The molecule has 0 bridgehead atoms. The van der Waals surface area contributed by atoms with Gasteiger partial charge in [0.25, 0.3) is 6.29 Å². The Kier molecular flexibility index (Phi) is 10.6. The van der Waals surface area contributed by atoms with Crippen molar-refractivity contribution < 1.29 is 33.3 Å². The highest BCUT2D eigenvalue weighted by Crippen LogP contribution is 2.27. The van der Waals surface area contributed by atoms with E-state index >= 15 is 0 Å². The monoisotopic (exact) mass is 533 g/mol. The standard InChI is InChI=1S/C28H43N3O7/c1-17(2)23(29-26(33)38-28(5,6)7)24(32)36-25(18(3)4)37-27(34)31-16-19(13-14-30(8)9)21-15-20(35-10)11-12-22(21)31/h11-12,15-18,23,25H,13-14H2,1-10H3,(H,29,33)/t23-,25?/m0/s1. The van der Waals surface area contributed by atoms with Gasteiger partial charge < -0.3 is 29.2 Å². The van der Waals surface area contributed by atoms with Crippen LogP contribution in [0.15, 0.2) is 24.4 Å². The molecule has 1 N–H and O–H groups in total. The number of aromatic nitrogens is 1. The van der Waals surface area contributed by atoms with E-state index in [0.29, 0.717) is 17.7 Å². The highest BCUT2D eigenvalue weighted by atomic mass is 16.7. The Labute approximate surface area is 225 Å². The number of nitrogens with zero attached hydrogens (tertiary/aromatic N) is 2. The summed E-state index contributed by atoms with van der Waals surface area (Å²) in [7, 11) is 5.56. The number of ether oxygens (including phenoxy) is 4. The lowest BCUT2D eigenvalue weighted by molar-refractivity contribution is -0.178. The van der Waals surface area contributed by atoms with Crippen molar-refractivity contribution in [3.63, 3.8) is 0 Å². The summed E-state index contributed by atoms with van der Waals surface area (Å²) in [6.07, 6.45) is -0.116. The fourth-order valence-corrected chi connectivity index (χ4v) is 3.67. The summed E-state index contributed by atoms with van der Waals surface area (Å²) in [4.78, 5) is 40.7. The van der Waals surface area contributed by atoms with Gasteiger partial charge in [0.15, 0.2) is 0 Å².